The molecular formula is C11H14N4O5S. The molecule has 2 rings (SSSR count). The Balaban J connectivity index is 2.10. The Hall–Kier alpha value is -2.20. The molecule has 0 bridgehead atoms. The molecular weight excluding hydrogens is 300 g/mol. The molecule has 0 spiro atoms. The van der Waals surface area contributed by atoms with E-state index in [-0.39, 0.29) is 23.6 Å². The number of hydrogen-bond acceptors (Lipinski definition) is 6. The van der Waals surface area contributed by atoms with Gasteiger partial charge in [0.15, 0.2) is 6.33 Å². The number of hydrogen-bond donors (Lipinski definition) is 2. The fourth-order valence-electron chi connectivity index (χ4n) is 1.75. The Morgan fingerprint density at radius 3 is 2.81 bits per heavy atom. The molecule has 0 aliphatic heterocycles. The summed E-state index contributed by atoms with van der Waals surface area (Å²) in [4.78, 5) is 14.7. The second kappa shape index (κ2) is 6.06. The van der Waals surface area contributed by atoms with E-state index in [1.54, 1.807) is 6.92 Å². The van der Waals surface area contributed by atoms with Crippen LogP contribution in [0.3, 0.4) is 0 Å². The second-order valence-corrected chi connectivity index (χ2v) is 5.90. The quantitative estimate of drug-likeness (QED) is 0.742. The molecule has 9 nitrogen and oxygen atoms in total. The van der Waals surface area contributed by atoms with E-state index in [0.29, 0.717) is 12.4 Å². The Morgan fingerprint density at radius 1 is 1.52 bits per heavy atom. The standard InChI is InChI=1S/C11H14N4O5S/c1-2-15-6-8(5-9(15)11(16)17)21(18,19)14-4-3-10-12-7-13-20-10/h5-7,14H,2-4H2,1H3,(H,16,17). The van der Waals surface area contributed by atoms with Crippen LogP contribution in [0.1, 0.15) is 23.3 Å². The number of sulfonamides is 1. The molecule has 0 radical (unpaired) electrons. The van der Waals surface area contributed by atoms with Crippen molar-refractivity contribution in [2.24, 2.45) is 0 Å². The van der Waals surface area contributed by atoms with Crippen LogP contribution in [0, 0.1) is 0 Å². The van der Waals surface area contributed by atoms with Gasteiger partial charge in [0.05, 0.1) is 0 Å². The molecule has 114 valence electrons. The summed E-state index contributed by atoms with van der Waals surface area (Å²) in [5.41, 5.74) is -0.0743. The van der Waals surface area contributed by atoms with Gasteiger partial charge in [0, 0.05) is 25.7 Å². The Labute approximate surface area is 120 Å². The maximum atomic E-state index is 12.1. The van der Waals surface area contributed by atoms with E-state index < -0.39 is 16.0 Å². The summed E-state index contributed by atoms with van der Waals surface area (Å²) in [6.45, 7) is 2.16. The number of aromatic nitrogens is 3. The van der Waals surface area contributed by atoms with E-state index in [9.17, 15) is 13.2 Å². The average Bonchev–Trinajstić information content (AvgIpc) is 3.07. The molecule has 0 amide bonds. The maximum Gasteiger partial charge on any atom is 0.352 e. The van der Waals surface area contributed by atoms with Gasteiger partial charge in [0.25, 0.3) is 0 Å². The van der Waals surface area contributed by atoms with Crippen LogP contribution >= 0.6 is 0 Å². The zero-order valence-corrected chi connectivity index (χ0v) is 12.0. The van der Waals surface area contributed by atoms with Gasteiger partial charge in [-0.25, -0.2) is 17.9 Å². The maximum absolute atomic E-state index is 12.1. The number of aryl methyl sites for hydroxylation is 1. The van der Waals surface area contributed by atoms with Crippen LogP contribution in [-0.2, 0) is 23.0 Å². The van der Waals surface area contributed by atoms with Crippen molar-refractivity contribution in [3.05, 3.63) is 30.2 Å². The molecule has 0 aliphatic carbocycles. The highest BCUT2D eigenvalue weighted by atomic mass is 32.2. The lowest BCUT2D eigenvalue weighted by atomic mass is 10.4. The van der Waals surface area contributed by atoms with E-state index in [0.717, 1.165) is 6.07 Å². The summed E-state index contributed by atoms with van der Waals surface area (Å²) in [6, 6.07) is 1.13. The van der Waals surface area contributed by atoms with Crippen molar-refractivity contribution in [2.75, 3.05) is 6.54 Å². The third kappa shape index (κ3) is 3.47. The van der Waals surface area contributed by atoms with Gasteiger partial charge in [-0.1, -0.05) is 5.16 Å². The van der Waals surface area contributed by atoms with Crippen LogP contribution in [0.15, 0.2) is 28.0 Å². The number of carboxylic acids is 1. The minimum atomic E-state index is -3.78. The van der Waals surface area contributed by atoms with Gasteiger partial charge < -0.3 is 14.2 Å². The number of aromatic carboxylic acids is 1. The monoisotopic (exact) mass is 314 g/mol. The second-order valence-electron chi connectivity index (χ2n) is 4.13. The first kappa shape index (κ1) is 15.2. The summed E-state index contributed by atoms with van der Waals surface area (Å²) >= 11 is 0. The summed E-state index contributed by atoms with van der Waals surface area (Å²) in [7, 11) is -3.78. The molecule has 0 fully saturated rings. The van der Waals surface area contributed by atoms with Crippen molar-refractivity contribution in [3.8, 4) is 0 Å². The summed E-state index contributed by atoms with van der Waals surface area (Å²) in [6.07, 6.45) is 2.77. The van der Waals surface area contributed by atoms with Crippen molar-refractivity contribution in [1.29, 1.82) is 0 Å². The number of carbonyl (C=O) groups is 1. The molecule has 21 heavy (non-hydrogen) atoms. The molecule has 2 N–H and O–H groups in total. The Bertz CT molecular complexity index is 720. The largest absolute Gasteiger partial charge is 0.477 e. The van der Waals surface area contributed by atoms with E-state index in [4.69, 9.17) is 9.63 Å². The number of rotatable bonds is 7. The lowest BCUT2D eigenvalue weighted by Gasteiger charge is -2.02. The van der Waals surface area contributed by atoms with Crippen LogP contribution in [-0.4, -0.2) is 40.7 Å². The smallest absolute Gasteiger partial charge is 0.352 e. The van der Waals surface area contributed by atoms with E-state index in [2.05, 4.69) is 14.9 Å². The van der Waals surface area contributed by atoms with Crippen LogP contribution in [0.5, 0.6) is 0 Å². The van der Waals surface area contributed by atoms with Crippen molar-refractivity contribution >= 4 is 16.0 Å². The van der Waals surface area contributed by atoms with Crippen LogP contribution in [0.25, 0.3) is 0 Å². The first-order valence-electron chi connectivity index (χ1n) is 6.12. The van der Waals surface area contributed by atoms with Crippen LogP contribution < -0.4 is 4.72 Å². The van der Waals surface area contributed by atoms with Gasteiger partial charge >= 0.3 is 5.97 Å². The van der Waals surface area contributed by atoms with Crippen molar-refractivity contribution in [1.82, 2.24) is 19.4 Å². The molecule has 2 aromatic heterocycles. The van der Waals surface area contributed by atoms with Gasteiger partial charge in [-0.15, -0.1) is 0 Å². The Morgan fingerprint density at radius 2 is 2.29 bits per heavy atom. The van der Waals surface area contributed by atoms with Gasteiger partial charge in [0.1, 0.15) is 10.6 Å². The zero-order valence-electron chi connectivity index (χ0n) is 11.2. The van der Waals surface area contributed by atoms with E-state index in [1.807, 2.05) is 0 Å². The SMILES string of the molecule is CCn1cc(S(=O)(=O)NCCc2ncno2)cc1C(=O)O. The predicted octanol–water partition coefficient (Wildman–Crippen LogP) is 0.110. The molecule has 0 aromatic carbocycles. The third-order valence-corrected chi connectivity index (χ3v) is 4.21. The molecule has 2 aromatic rings. The molecule has 10 heteroatoms. The first-order chi connectivity index (χ1) is 9.94. The number of carboxylic acid groups (broad SMARTS) is 1. The van der Waals surface area contributed by atoms with Crippen molar-refractivity contribution < 1.29 is 22.8 Å². The van der Waals surface area contributed by atoms with Gasteiger partial charge in [-0.3, -0.25) is 0 Å². The lowest BCUT2D eigenvalue weighted by molar-refractivity contribution is 0.0685. The molecule has 0 atom stereocenters. The predicted molar refractivity (Wildman–Crippen MR) is 70.3 cm³/mol. The van der Waals surface area contributed by atoms with Gasteiger partial charge in [-0.05, 0) is 13.0 Å². The summed E-state index contributed by atoms with van der Waals surface area (Å²) < 4.78 is 32.6. The van der Waals surface area contributed by atoms with Crippen LogP contribution in [0.2, 0.25) is 0 Å². The zero-order chi connectivity index (χ0) is 15.5. The highest BCUT2D eigenvalue weighted by Gasteiger charge is 2.20. The summed E-state index contributed by atoms with van der Waals surface area (Å²) in [5.74, 6) is -0.862. The normalized spacial score (nSPS) is 11.7. The van der Waals surface area contributed by atoms with Crippen molar-refractivity contribution in [2.45, 2.75) is 24.8 Å². The molecule has 0 aliphatic rings. The molecule has 2 heterocycles. The number of nitrogens with one attached hydrogen (secondary N) is 1. The minimum absolute atomic E-state index is 0.0736. The van der Waals surface area contributed by atoms with Crippen molar-refractivity contribution in [3.63, 3.8) is 0 Å². The number of nitrogens with zero attached hydrogens (tertiary/aromatic N) is 3. The van der Waals surface area contributed by atoms with Crippen LogP contribution in [0.4, 0.5) is 0 Å². The fraction of sp³-hybridized carbons (Fsp3) is 0.364. The minimum Gasteiger partial charge on any atom is -0.477 e. The highest BCUT2D eigenvalue weighted by Crippen LogP contribution is 2.14. The van der Waals surface area contributed by atoms with Gasteiger partial charge in [-0.2, -0.15) is 4.98 Å². The van der Waals surface area contributed by atoms with E-state index in [1.165, 1.54) is 17.1 Å². The third-order valence-electron chi connectivity index (χ3n) is 2.78. The first-order valence-corrected chi connectivity index (χ1v) is 7.61. The lowest BCUT2D eigenvalue weighted by Crippen LogP contribution is -2.25. The summed E-state index contributed by atoms with van der Waals surface area (Å²) in [5, 5.41) is 12.4. The topological polar surface area (TPSA) is 127 Å². The molecule has 0 saturated carbocycles. The Kier molecular flexibility index (Phi) is 4.38. The molecule has 0 unspecified atom stereocenters. The highest BCUT2D eigenvalue weighted by molar-refractivity contribution is 7.89. The average molecular weight is 314 g/mol. The van der Waals surface area contributed by atoms with Gasteiger partial charge in [0.2, 0.25) is 15.9 Å². The molecule has 0 saturated heterocycles. The van der Waals surface area contributed by atoms with E-state index >= 15 is 0 Å². The fourth-order valence-corrected chi connectivity index (χ4v) is 2.82.